The lowest BCUT2D eigenvalue weighted by molar-refractivity contribution is -0.150. The van der Waals surface area contributed by atoms with Crippen LogP contribution in [0, 0.1) is 0 Å². The van der Waals surface area contributed by atoms with Crippen LogP contribution in [-0.4, -0.2) is 31.7 Å². The first-order chi connectivity index (χ1) is 15.0. The van der Waals surface area contributed by atoms with Gasteiger partial charge in [0.05, 0.1) is 12.0 Å². The molecule has 154 valence electrons. The highest BCUT2D eigenvalue weighted by Crippen LogP contribution is 2.41. The van der Waals surface area contributed by atoms with Gasteiger partial charge in [0, 0.05) is 6.20 Å². The lowest BCUT2D eigenvalue weighted by Gasteiger charge is -2.37. The first-order valence-corrected chi connectivity index (χ1v) is 9.71. The first-order valence-electron chi connectivity index (χ1n) is 9.71. The maximum absolute atomic E-state index is 11.6. The molecule has 3 aromatic carbocycles. The molecule has 6 nitrogen and oxygen atoms in total. The van der Waals surface area contributed by atoms with Gasteiger partial charge in [0.2, 0.25) is 0 Å². The van der Waals surface area contributed by atoms with Crippen molar-refractivity contribution in [2.75, 3.05) is 0 Å². The van der Waals surface area contributed by atoms with E-state index in [0.29, 0.717) is 0 Å². The Morgan fingerprint density at radius 3 is 1.45 bits per heavy atom. The van der Waals surface area contributed by atoms with E-state index in [9.17, 15) is 19.8 Å². The van der Waals surface area contributed by atoms with Crippen molar-refractivity contribution in [1.29, 1.82) is 0 Å². The average molecular weight is 412 g/mol. The Bertz CT molecular complexity index is 1080. The number of aliphatic carboxylic acids is 2. The van der Waals surface area contributed by atoms with E-state index in [1.807, 2.05) is 91.0 Å². The number of hydrogen-bond acceptors (Lipinski definition) is 3. The summed E-state index contributed by atoms with van der Waals surface area (Å²) in [6.07, 6.45) is 3.01. The van der Waals surface area contributed by atoms with Gasteiger partial charge in [-0.15, -0.1) is 0 Å². The van der Waals surface area contributed by atoms with Crippen molar-refractivity contribution < 1.29 is 19.8 Å². The third kappa shape index (κ3) is 3.48. The van der Waals surface area contributed by atoms with Crippen molar-refractivity contribution in [3.63, 3.8) is 0 Å². The van der Waals surface area contributed by atoms with E-state index >= 15 is 0 Å². The molecule has 4 aromatic rings. The summed E-state index contributed by atoms with van der Waals surface area (Å²) in [5.41, 5.74) is 1.87. The molecule has 2 N–H and O–H groups in total. The summed E-state index contributed by atoms with van der Waals surface area (Å²) < 4.78 is 1.79. The number of carboxylic acids is 2. The molecule has 6 heteroatoms. The van der Waals surface area contributed by atoms with E-state index in [1.54, 1.807) is 4.57 Å². The Morgan fingerprint density at radius 2 is 1.10 bits per heavy atom. The highest BCUT2D eigenvalue weighted by molar-refractivity contribution is 5.98. The van der Waals surface area contributed by atoms with Gasteiger partial charge < -0.3 is 14.8 Å². The van der Waals surface area contributed by atoms with Crippen LogP contribution in [0.3, 0.4) is 0 Å². The van der Waals surface area contributed by atoms with E-state index in [2.05, 4.69) is 4.98 Å². The predicted octanol–water partition coefficient (Wildman–Crippen LogP) is 3.98. The van der Waals surface area contributed by atoms with Crippen LogP contribution in [0.2, 0.25) is 0 Å². The highest BCUT2D eigenvalue weighted by atomic mass is 16.4. The Hall–Kier alpha value is -4.19. The quantitative estimate of drug-likeness (QED) is 0.354. The molecule has 0 aliphatic carbocycles. The van der Waals surface area contributed by atoms with Gasteiger partial charge in [0.1, 0.15) is 5.54 Å². The molecule has 0 bridgehead atoms. The maximum atomic E-state index is 11.6. The molecule has 0 atom stereocenters. The lowest BCUT2D eigenvalue weighted by Crippen LogP contribution is -2.37. The van der Waals surface area contributed by atoms with Crippen LogP contribution in [0.5, 0.6) is 0 Å². The number of hydrogen-bond donors (Lipinski definition) is 2. The molecule has 0 aliphatic rings. The summed E-state index contributed by atoms with van der Waals surface area (Å²) in [5, 5.41) is 18.9. The topological polar surface area (TPSA) is 92.4 Å². The van der Waals surface area contributed by atoms with E-state index < -0.39 is 23.4 Å². The molecule has 0 amide bonds. The molecule has 0 unspecified atom stereocenters. The predicted molar refractivity (Wildman–Crippen MR) is 115 cm³/mol. The number of carboxylic acid groups (broad SMARTS) is 2. The van der Waals surface area contributed by atoms with Crippen molar-refractivity contribution in [3.8, 4) is 0 Å². The second-order valence-electron chi connectivity index (χ2n) is 7.12. The van der Waals surface area contributed by atoms with Crippen molar-refractivity contribution >= 4 is 11.9 Å². The van der Waals surface area contributed by atoms with Crippen LogP contribution >= 0.6 is 0 Å². The SMILES string of the molecule is O=C(O)C(C(=O)O)c1cn(C(c2ccccc2)(c2ccccc2)c2ccccc2)cn1. The zero-order valence-corrected chi connectivity index (χ0v) is 16.5. The van der Waals surface area contributed by atoms with Gasteiger partial charge in [-0.05, 0) is 16.7 Å². The second-order valence-corrected chi connectivity index (χ2v) is 7.12. The van der Waals surface area contributed by atoms with E-state index in [-0.39, 0.29) is 5.69 Å². The van der Waals surface area contributed by atoms with Crippen LogP contribution < -0.4 is 0 Å². The molecule has 1 aromatic heterocycles. The van der Waals surface area contributed by atoms with Crippen LogP contribution in [0.15, 0.2) is 104 Å². The van der Waals surface area contributed by atoms with Crippen LogP contribution in [-0.2, 0) is 15.1 Å². The van der Waals surface area contributed by atoms with Crippen LogP contribution in [0.4, 0.5) is 0 Å². The normalized spacial score (nSPS) is 11.4. The number of rotatable bonds is 7. The minimum atomic E-state index is -1.75. The standard InChI is InChI=1S/C25H20N2O4/c28-23(29)22(24(30)31)21-16-27(17-26-21)25(18-10-4-1-5-11-18,19-12-6-2-7-13-19)20-14-8-3-9-15-20/h1-17,22H,(H,28,29)(H,30,31). The summed E-state index contributed by atoms with van der Waals surface area (Å²) in [5.74, 6) is -4.66. The van der Waals surface area contributed by atoms with Gasteiger partial charge in [-0.1, -0.05) is 91.0 Å². The molecule has 0 fully saturated rings. The molecule has 31 heavy (non-hydrogen) atoms. The van der Waals surface area contributed by atoms with Crippen molar-refractivity contribution in [2.24, 2.45) is 0 Å². The van der Waals surface area contributed by atoms with Gasteiger partial charge in [-0.2, -0.15) is 0 Å². The van der Waals surface area contributed by atoms with E-state index in [0.717, 1.165) is 16.7 Å². The van der Waals surface area contributed by atoms with Crippen LogP contribution in [0.1, 0.15) is 28.3 Å². The van der Waals surface area contributed by atoms with E-state index in [4.69, 9.17) is 0 Å². The van der Waals surface area contributed by atoms with Crippen molar-refractivity contribution in [3.05, 3.63) is 126 Å². The Morgan fingerprint density at radius 1 is 0.710 bits per heavy atom. The van der Waals surface area contributed by atoms with Gasteiger partial charge in [-0.25, -0.2) is 4.98 Å². The summed E-state index contributed by atoms with van der Waals surface area (Å²) >= 11 is 0. The zero-order valence-electron chi connectivity index (χ0n) is 16.5. The fourth-order valence-electron chi connectivity index (χ4n) is 4.01. The minimum absolute atomic E-state index is 0.0350. The van der Waals surface area contributed by atoms with Crippen molar-refractivity contribution in [2.45, 2.75) is 11.5 Å². The number of aromatic nitrogens is 2. The zero-order chi connectivity index (χ0) is 21.8. The molecular formula is C25H20N2O4. The van der Waals surface area contributed by atoms with Gasteiger partial charge in [-0.3, -0.25) is 9.59 Å². The van der Waals surface area contributed by atoms with Crippen molar-refractivity contribution in [1.82, 2.24) is 9.55 Å². The maximum Gasteiger partial charge on any atom is 0.324 e. The Labute approximate surface area is 179 Å². The number of nitrogens with zero attached hydrogens (tertiary/aromatic N) is 2. The summed E-state index contributed by atoms with van der Waals surface area (Å²) in [6, 6.07) is 29.3. The minimum Gasteiger partial charge on any atom is -0.480 e. The van der Waals surface area contributed by atoms with E-state index in [1.165, 1.54) is 12.5 Å². The number of imidazole rings is 1. The molecule has 0 spiro atoms. The summed E-state index contributed by atoms with van der Waals surface area (Å²) in [4.78, 5) is 27.4. The smallest absolute Gasteiger partial charge is 0.324 e. The number of carbonyl (C=O) groups is 2. The van der Waals surface area contributed by atoms with Gasteiger partial charge in [0.25, 0.3) is 0 Å². The third-order valence-corrected chi connectivity index (χ3v) is 5.35. The molecule has 1 heterocycles. The molecule has 0 aliphatic heterocycles. The van der Waals surface area contributed by atoms with Gasteiger partial charge >= 0.3 is 11.9 Å². The molecule has 0 saturated carbocycles. The molecule has 4 rings (SSSR count). The average Bonchev–Trinajstić information content (AvgIpc) is 3.25. The molecule has 0 radical (unpaired) electrons. The summed E-state index contributed by atoms with van der Waals surface area (Å²) in [7, 11) is 0. The third-order valence-electron chi connectivity index (χ3n) is 5.35. The summed E-state index contributed by atoms with van der Waals surface area (Å²) in [6.45, 7) is 0. The Kier molecular flexibility index (Phi) is 5.37. The monoisotopic (exact) mass is 412 g/mol. The van der Waals surface area contributed by atoms with Gasteiger partial charge in [0.15, 0.2) is 5.92 Å². The fourth-order valence-corrected chi connectivity index (χ4v) is 4.01. The highest BCUT2D eigenvalue weighted by Gasteiger charge is 2.40. The first kappa shape index (κ1) is 20.1. The van der Waals surface area contributed by atoms with Crippen LogP contribution in [0.25, 0.3) is 0 Å². The number of benzene rings is 3. The molecule has 0 saturated heterocycles. The largest absolute Gasteiger partial charge is 0.480 e. The Balaban J connectivity index is 2.05. The molecular weight excluding hydrogens is 392 g/mol. The fraction of sp³-hybridized carbons (Fsp3) is 0.0800. The lowest BCUT2D eigenvalue weighted by atomic mass is 9.76. The second kappa shape index (κ2) is 8.28.